The predicted octanol–water partition coefficient (Wildman–Crippen LogP) is 0.136. The van der Waals surface area contributed by atoms with E-state index >= 15 is 0 Å². The summed E-state index contributed by atoms with van der Waals surface area (Å²) in [5.74, 6) is 0.466. The molecule has 0 atom stereocenters. The number of hydrogen-bond donors (Lipinski definition) is 4. The van der Waals surface area contributed by atoms with Crippen LogP contribution in [0.15, 0.2) is 35.7 Å². The zero-order valence-electron chi connectivity index (χ0n) is 11.7. The molecule has 22 heavy (non-hydrogen) atoms. The average molecular weight is 302 g/mol. The van der Waals surface area contributed by atoms with Crippen LogP contribution in [0.2, 0.25) is 0 Å². The molecule has 0 heterocycles. The van der Waals surface area contributed by atoms with Crippen LogP contribution in [0.5, 0.6) is 5.75 Å². The molecule has 0 aliphatic heterocycles. The number of amides is 3. The van der Waals surface area contributed by atoms with E-state index in [-0.39, 0.29) is 17.8 Å². The highest BCUT2D eigenvalue weighted by Crippen LogP contribution is 2.22. The molecule has 1 aromatic carbocycles. The quantitative estimate of drug-likeness (QED) is 0.457. The van der Waals surface area contributed by atoms with Crippen LogP contribution in [-0.2, 0) is 4.79 Å². The monoisotopic (exact) mass is 302 g/mol. The summed E-state index contributed by atoms with van der Waals surface area (Å²) in [5, 5.41) is 21.9. The van der Waals surface area contributed by atoms with Crippen molar-refractivity contribution in [3.8, 4) is 17.9 Å². The molecule has 9 nitrogen and oxygen atoms in total. The van der Waals surface area contributed by atoms with Crippen LogP contribution < -0.4 is 26.8 Å². The molecule has 0 radical (unpaired) electrons. The first-order chi connectivity index (χ1) is 10.5. The van der Waals surface area contributed by atoms with Crippen LogP contribution in [-0.4, -0.2) is 19.6 Å². The van der Waals surface area contributed by atoms with Gasteiger partial charge in [-0.15, -0.1) is 0 Å². The van der Waals surface area contributed by atoms with E-state index in [9.17, 15) is 4.79 Å². The summed E-state index contributed by atoms with van der Waals surface area (Å²) >= 11 is 0. The third-order valence-electron chi connectivity index (χ3n) is 2.10. The lowest BCUT2D eigenvalue weighted by Crippen LogP contribution is -2.29. The van der Waals surface area contributed by atoms with Gasteiger partial charge in [-0.3, -0.25) is 10.1 Å². The molecule has 1 rings (SSSR count). The summed E-state index contributed by atoms with van der Waals surface area (Å²) in [6.07, 6.45) is 0.250. The van der Waals surface area contributed by atoms with Gasteiger partial charge in [0.05, 0.1) is 12.8 Å². The van der Waals surface area contributed by atoms with Gasteiger partial charge in [0, 0.05) is 0 Å². The molecule has 1 aromatic rings. The number of para-hydroxylation sites is 2. The van der Waals surface area contributed by atoms with Gasteiger partial charge in [0.1, 0.15) is 23.6 Å². The second kappa shape index (κ2) is 10.1. The van der Waals surface area contributed by atoms with Gasteiger partial charge in [-0.25, -0.2) is 4.79 Å². The fraction of sp³-hybridized carbons (Fsp3) is 0.0769. The summed E-state index contributed by atoms with van der Waals surface area (Å²) in [6.45, 7) is 0. The first-order valence-electron chi connectivity index (χ1n) is 5.70. The van der Waals surface area contributed by atoms with E-state index in [2.05, 4.69) is 16.4 Å². The molecular formula is C13H14N6O3. The molecule has 9 heteroatoms. The fourth-order valence-electron chi connectivity index (χ4n) is 1.23. The van der Waals surface area contributed by atoms with Gasteiger partial charge >= 0.3 is 6.03 Å². The Morgan fingerprint density at radius 2 is 1.91 bits per heavy atom. The first-order valence-corrected chi connectivity index (χ1v) is 5.70. The van der Waals surface area contributed by atoms with Gasteiger partial charge < -0.3 is 21.5 Å². The topological polar surface area (TPSA) is 167 Å². The van der Waals surface area contributed by atoms with Gasteiger partial charge in [0.15, 0.2) is 5.70 Å². The van der Waals surface area contributed by atoms with E-state index in [4.69, 9.17) is 25.8 Å². The Balaban J connectivity index is 0.00000135. The maximum Gasteiger partial charge on any atom is 0.324 e. The molecule has 114 valence electrons. The number of allylic oxidation sites excluding steroid dienone is 2. The van der Waals surface area contributed by atoms with Crippen LogP contribution in [0, 0.1) is 22.7 Å². The highest BCUT2D eigenvalue weighted by atomic mass is 16.5. The van der Waals surface area contributed by atoms with E-state index in [1.165, 1.54) is 7.11 Å². The minimum Gasteiger partial charge on any atom is -0.495 e. The second-order valence-corrected chi connectivity index (χ2v) is 3.43. The predicted molar refractivity (Wildman–Crippen MR) is 77.8 cm³/mol. The van der Waals surface area contributed by atoms with Crippen molar-refractivity contribution in [3.63, 3.8) is 0 Å². The Kier molecular flexibility index (Phi) is 8.40. The Morgan fingerprint density at radius 1 is 1.32 bits per heavy atom. The lowest BCUT2D eigenvalue weighted by Gasteiger charge is -2.10. The van der Waals surface area contributed by atoms with Gasteiger partial charge in [0.2, 0.25) is 6.41 Å². The van der Waals surface area contributed by atoms with Gasteiger partial charge in [-0.2, -0.15) is 10.5 Å². The molecule has 3 amide bonds. The average Bonchev–Trinajstić information content (AvgIpc) is 2.53. The summed E-state index contributed by atoms with van der Waals surface area (Å²) in [7, 11) is 1.46. The molecule has 0 fully saturated rings. The number of benzene rings is 1. The van der Waals surface area contributed by atoms with Crippen molar-refractivity contribution >= 4 is 18.1 Å². The second-order valence-electron chi connectivity index (χ2n) is 3.43. The lowest BCUT2D eigenvalue weighted by atomic mass is 10.3. The van der Waals surface area contributed by atoms with Crippen molar-refractivity contribution in [2.24, 2.45) is 11.5 Å². The highest BCUT2D eigenvalue weighted by Gasteiger charge is 2.10. The van der Waals surface area contributed by atoms with Gasteiger partial charge in [-0.1, -0.05) is 12.1 Å². The number of primary amides is 1. The van der Waals surface area contributed by atoms with E-state index in [1.54, 1.807) is 36.4 Å². The van der Waals surface area contributed by atoms with Crippen molar-refractivity contribution in [2.45, 2.75) is 0 Å². The molecule has 0 spiro atoms. The Hall–Kier alpha value is -3.72. The van der Waals surface area contributed by atoms with E-state index in [0.717, 1.165) is 0 Å². The number of methoxy groups -OCH3 is 1. The minimum absolute atomic E-state index is 0.250. The maximum atomic E-state index is 11.6. The van der Waals surface area contributed by atoms with E-state index in [0.29, 0.717) is 11.4 Å². The maximum absolute atomic E-state index is 11.6. The number of nitrogens with zero attached hydrogens (tertiary/aromatic N) is 2. The van der Waals surface area contributed by atoms with Crippen LogP contribution in [0.1, 0.15) is 0 Å². The van der Waals surface area contributed by atoms with Crippen molar-refractivity contribution < 1.29 is 14.3 Å². The van der Waals surface area contributed by atoms with E-state index in [1.807, 2.05) is 0 Å². The normalized spacial score (nSPS) is 9.59. The summed E-state index contributed by atoms with van der Waals surface area (Å²) in [6, 6.07) is 9.26. The van der Waals surface area contributed by atoms with Gasteiger partial charge in [0.25, 0.3) is 0 Å². The standard InChI is InChI=1S/C12H11N5O2.CH3NO/c1-19-11-5-3-2-4-9(11)16-12(18)17-10(7-14)8(15)6-13;2-1-3/h2-5H,15H2,1H3,(H2,16,17,18);1H,(H2,2,3)/b10-8-;. The number of anilines is 1. The van der Waals surface area contributed by atoms with Crippen molar-refractivity contribution in [1.29, 1.82) is 10.5 Å². The van der Waals surface area contributed by atoms with Gasteiger partial charge in [-0.05, 0) is 12.1 Å². The summed E-state index contributed by atoms with van der Waals surface area (Å²) in [4.78, 5) is 20.2. The molecule has 0 bridgehead atoms. The summed E-state index contributed by atoms with van der Waals surface area (Å²) in [5.41, 5.74) is 9.17. The third kappa shape index (κ3) is 5.95. The molecule has 0 saturated heterocycles. The molecule has 0 saturated carbocycles. The van der Waals surface area contributed by atoms with Crippen molar-refractivity contribution in [1.82, 2.24) is 5.32 Å². The lowest BCUT2D eigenvalue weighted by molar-refractivity contribution is -0.106. The number of nitrogens with two attached hydrogens (primary N) is 2. The first kappa shape index (κ1) is 18.3. The number of urea groups is 1. The Bertz CT molecular complexity index is 642. The SMILES string of the molecule is COc1ccccc1NC(=O)N/C(C#N)=C(\N)C#N.NC=O. The number of carbonyl (C=O) groups is 2. The molecule has 0 aromatic heterocycles. The van der Waals surface area contributed by atoms with Crippen molar-refractivity contribution in [3.05, 3.63) is 35.7 Å². The smallest absolute Gasteiger partial charge is 0.324 e. The zero-order valence-corrected chi connectivity index (χ0v) is 11.7. The molecular weight excluding hydrogens is 288 g/mol. The molecule has 6 N–H and O–H groups in total. The van der Waals surface area contributed by atoms with Crippen LogP contribution >= 0.6 is 0 Å². The zero-order chi connectivity index (χ0) is 17.0. The number of rotatable bonds is 3. The number of ether oxygens (including phenoxy) is 1. The number of nitriles is 2. The molecule has 0 unspecified atom stereocenters. The third-order valence-corrected chi connectivity index (χ3v) is 2.10. The number of carbonyl (C=O) groups excluding carboxylic acids is 2. The molecule has 0 aliphatic rings. The number of hydrogen-bond acceptors (Lipinski definition) is 6. The van der Waals surface area contributed by atoms with Crippen molar-refractivity contribution in [2.75, 3.05) is 12.4 Å². The van der Waals surface area contributed by atoms with E-state index < -0.39 is 6.03 Å². The fourth-order valence-corrected chi connectivity index (χ4v) is 1.23. The Morgan fingerprint density at radius 3 is 2.41 bits per heavy atom. The van der Waals surface area contributed by atoms with Crippen LogP contribution in [0.3, 0.4) is 0 Å². The van der Waals surface area contributed by atoms with Crippen LogP contribution in [0.25, 0.3) is 0 Å². The minimum atomic E-state index is -0.695. The summed E-state index contributed by atoms with van der Waals surface area (Å²) < 4.78 is 5.05. The highest BCUT2D eigenvalue weighted by molar-refractivity contribution is 5.92. The Labute approximate surface area is 126 Å². The number of nitrogens with one attached hydrogen (secondary N) is 2. The van der Waals surface area contributed by atoms with Crippen LogP contribution in [0.4, 0.5) is 10.5 Å². The molecule has 0 aliphatic carbocycles. The largest absolute Gasteiger partial charge is 0.495 e.